The molecule has 4 heteroatoms. The third kappa shape index (κ3) is 6.53. The summed E-state index contributed by atoms with van der Waals surface area (Å²) < 4.78 is 0. The summed E-state index contributed by atoms with van der Waals surface area (Å²) in [5, 5.41) is 0. The summed E-state index contributed by atoms with van der Waals surface area (Å²) >= 11 is 0. The lowest BCUT2D eigenvalue weighted by atomic mass is 9.70. The van der Waals surface area contributed by atoms with Crippen LogP contribution < -0.4 is 0 Å². The van der Waals surface area contributed by atoms with Gasteiger partial charge in [-0.05, 0) is 58.8 Å². The van der Waals surface area contributed by atoms with Gasteiger partial charge in [-0.25, -0.2) is 9.78 Å². The van der Waals surface area contributed by atoms with Crippen molar-refractivity contribution in [1.82, 2.24) is 0 Å². The first kappa shape index (κ1) is 19.9. The van der Waals surface area contributed by atoms with E-state index in [-0.39, 0.29) is 16.6 Å². The number of hydrogen-bond donors (Lipinski definition) is 0. The van der Waals surface area contributed by atoms with Crippen LogP contribution >= 0.6 is 0 Å². The van der Waals surface area contributed by atoms with Crippen molar-refractivity contribution in [3.63, 3.8) is 0 Å². The fourth-order valence-electron chi connectivity index (χ4n) is 3.01. The van der Waals surface area contributed by atoms with Crippen molar-refractivity contribution in [2.24, 2.45) is 11.3 Å². The van der Waals surface area contributed by atoms with Crippen molar-refractivity contribution in [3.05, 3.63) is 0 Å². The molecule has 132 valence electrons. The van der Waals surface area contributed by atoms with Crippen molar-refractivity contribution >= 4 is 0 Å². The normalized spacial score (nSPS) is 29.6. The van der Waals surface area contributed by atoms with Gasteiger partial charge in [-0.2, -0.15) is 9.78 Å². The monoisotopic (exact) mass is 316 g/mol. The Morgan fingerprint density at radius 3 is 1.95 bits per heavy atom. The smallest absolute Gasteiger partial charge is 0.228 e. The lowest BCUT2D eigenvalue weighted by Gasteiger charge is -2.46. The van der Waals surface area contributed by atoms with Gasteiger partial charge in [0.05, 0.1) is 11.2 Å². The Morgan fingerprint density at radius 1 is 0.955 bits per heavy atom. The molecule has 1 aliphatic rings. The third-order valence-electron chi connectivity index (χ3n) is 4.02. The lowest BCUT2D eigenvalue weighted by Crippen LogP contribution is -2.49. The van der Waals surface area contributed by atoms with E-state index in [2.05, 4.69) is 27.7 Å². The molecule has 0 saturated heterocycles. The van der Waals surface area contributed by atoms with Crippen LogP contribution in [0.4, 0.5) is 0 Å². The summed E-state index contributed by atoms with van der Waals surface area (Å²) in [6.45, 7) is 18.7. The SMILES string of the molecule is CCC(C)(C)OOC1(OOC(C)(C)C)CC(C)CC(C)(C)C1. The second-order valence-corrected chi connectivity index (χ2v) is 9.32. The molecule has 4 nitrogen and oxygen atoms in total. The van der Waals surface area contributed by atoms with Crippen LogP contribution in [-0.4, -0.2) is 17.0 Å². The van der Waals surface area contributed by atoms with Crippen molar-refractivity contribution < 1.29 is 19.6 Å². The second kappa shape index (κ2) is 6.76. The quantitative estimate of drug-likeness (QED) is 0.373. The molecule has 0 bridgehead atoms. The average molecular weight is 316 g/mol. The molecule has 0 aliphatic heterocycles. The second-order valence-electron chi connectivity index (χ2n) is 9.32. The van der Waals surface area contributed by atoms with E-state index in [1.807, 2.05) is 34.6 Å². The molecule has 22 heavy (non-hydrogen) atoms. The molecule has 2 atom stereocenters. The van der Waals surface area contributed by atoms with Crippen LogP contribution in [0.3, 0.4) is 0 Å². The Hall–Kier alpha value is -0.160. The Labute approximate surface area is 136 Å². The van der Waals surface area contributed by atoms with E-state index in [9.17, 15) is 0 Å². The minimum atomic E-state index is -0.846. The maximum atomic E-state index is 5.88. The topological polar surface area (TPSA) is 36.9 Å². The summed E-state index contributed by atoms with van der Waals surface area (Å²) in [6, 6.07) is 0. The van der Waals surface area contributed by atoms with Crippen LogP contribution in [0.15, 0.2) is 0 Å². The highest BCUT2D eigenvalue weighted by Gasteiger charge is 2.48. The standard InChI is InChI=1S/C18H36O4/c1-10-17(8,9)20-22-18(21-19-15(3,4)5)12-14(2)11-16(6,7)13-18/h14H,10-13H2,1-9H3. The fraction of sp³-hybridized carbons (Fsp3) is 1.00. The summed E-state index contributed by atoms with van der Waals surface area (Å²) in [5.41, 5.74) is -0.608. The van der Waals surface area contributed by atoms with Gasteiger partial charge >= 0.3 is 0 Å². The molecule has 0 spiro atoms. The highest BCUT2D eigenvalue weighted by Crippen LogP contribution is 2.47. The molecule has 0 radical (unpaired) electrons. The van der Waals surface area contributed by atoms with Gasteiger partial charge < -0.3 is 0 Å². The Balaban J connectivity index is 2.89. The van der Waals surface area contributed by atoms with Crippen LogP contribution in [0.25, 0.3) is 0 Å². The molecule has 1 rings (SSSR count). The molecule has 0 aromatic heterocycles. The van der Waals surface area contributed by atoms with Crippen LogP contribution in [-0.2, 0) is 19.6 Å². The molecule has 1 saturated carbocycles. The van der Waals surface area contributed by atoms with Gasteiger partial charge in [-0.3, -0.25) is 0 Å². The molecule has 1 fully saturated rings. The van der Waals surface area contributed by atoms with E-state index in [1.165, 1.54) is 0 Å². The van der Waals surface area contributed by atoms with E-state index in [0.717, 1.165) is 25.7 Å². The van der Waals surface area contributed by atoms with Crippen molar-refractivity contribution in [3.8, 4) is 0 Å². The fourth-order valence-corrected chi connectivity index (χ4v) is 3.01. The molecular weight excluding hydrogens is 280 g/mol. The van der Waals surface area contributed by atoms with Gasteiger partial charge in [0.15, 0.2) is 0 Å². The average Bonchev–Trinajstić information content (AvgIpc) is 2.31. The highest BCUT2D eigenvalue weighted by molar-refractivity contribution is 4.88. The molecule has 2 unspecified atom stereocenters. The zero-order chi connectivity index (χ0) is 17.2. The van der Waals surface area contributed by atoms with E-state index < -0.39 is 5.79 Å². The van der Waals surface area contributed by atoms with Crippen molar-refractivity contribution in [2.75, 3.05) is 0 Å². The van der Waals surface area contributed by atoms with E-state index in [4.69, 9.17) is 19.6 Å². The van der Waals surface area contributed by atoms with Gasteiger partial charge in [0.1, 0.15) is 0 Å². The minimum Gasteiger partial charge on any atom is -0.228 e. The Kier molecular flexibility index (Phi) is 6.11. The molecule has 0 aromatic rings. The lowest BCUT2D eigenvalue weighted by molar-refractivity contribution is -0.552. The summed E-state index contributed by atoms with van der Waals surface area (Å²) in [7, 11) is 0. The first-order valence-corrected chi connectivity index (χ1v) is 8.52. The molecule has 0 aromatic carbocycles. The zero-order valence-electron chi connectivity index (χ0n) is 16.0. The molecule has 0 heterocycles. The first-order valence-electron chi connectivity index (χ1n) is 8.52. The molecule has 0 N–H and O–H groups in total. The Bertz CT molecular complexity index is 357. The van der Waals surface area contributed by atoms with E-state index >= 15 is 0 Å². The highest BCUT2D eigenvalue weighted by atomic mass is 17.3. The minimum absolute atomic E-state index is 0.124. The summed E-state index contributed by atoms with van der Waals surface area (Å²) in [4.78, 5) is 23.0. The maximum Gasteiger partial charge on any atom is 0.234 e. The first-order chi connectivity index (χ1) is 9.78. The third-order valence-corrected chi connectivity index (χ3v) is 4.02. The summed E-state index contributed by atoms with van der Waals surface area (Å²) in [5.74, 6) is -0.360. The van der Waals surface area contributed by atoms with E-state index in [0.29, 0.717) is 5.92 Å². The van der Waals surface area contributed by atoms with Gasteiger partial charge in [0.2, 0.25) is 5.79 Å². The zero-order valence-corrected chi connectivity index (χ0v) is 16.0. The molecule has 0 amide bonds. The molecular formula is C18H36O4. The van der Waals surface area contributed by atoms with Crippen molar-refractivity contribution in [2.45, 2.75) is 105 Å². The predicted molar refractivity (Wildman–Crippen MR) is 88.0 cm³/mol. The van der Waals surface area contributed by atoms with Gasteiger partial charge in [0, 0.05) is 12.8 Å². The van der Waals surface area contributed by atoms with Crippen LogP contribution in [0, 0.1) is 11.3 Å². The molecule has 1 aliphatic carbocycles. The largest absolute Gasteiger partial charge is 0.234 e. The van der Waals surface area contributed by atoms with Crippen LogP contribution in [0.2, 0.25) is 0 Å². The van der Waals surface area contributed by atoms with E-state index in [1.54, 1.807) is 0 Å². The number of rotatable bonds is 6. The summed E-state index contributed by atoms with van der Waals surface area (Å²) in [6.07, 6.45) is 3.53. The predicted octanol–water partition coefficient (Wildman–Crippen LogP) is 5.41. The Morgan fingerprint density at radius 2 is 1.50 bits per heavy atom. The van der Waals surface area contributed by atoms with Gasteiger partial charge in [-0.15, -0.1) is 0 Å². The number of hydrogen-bond acceptors (Lipinski definition) is 4. The maximum absolute atomic E-state index is 5.88. The van der Waals surface area contributed by atoms with Crippen molar-refractivity contribution in [1.29, 1.82) is 0 Å². The van der Waals surface area contributed by atoms with Gasteiger partial charge in [0.25, 0.3) is 0 Å². The van der Waals surface area contributed by atoms with Gasteiger partial charge in [-0.1, -0.05) is 27.7 Å². The van der Waals surface area contributed by atoms with Crippen LogP contribution in [0.1, 0.15) is 88.0 Å². The van der Waals surface area contributed by atoms with Crippen LogP contribution in [0.5, 0.6) is 0 Å².